The van der Waals surface area contributed by atoms with E-state index in [9.17, 15) is 4.79 Å². The van der Waals surface area contributed by atoms with Crippen molar-refractivity contribution in [3.8, 4) is 11.4 Å². The van der Waals surface area contributed by atoms with E-state index in [1.807, 2.05) is 24.3 Å². The van der Waals surface area contributed by atoms with Crippen molar-refractivity contribution in [3.63, 3.8) is 0 Å². The number of carbonyl (C=O) groups excluding carboxylic acids is 1. The van der Waals surface area contributed by atoms with E-state index in [1.165, 1.54) is 24.1 Å². The van der Waals surface area contributed by atoms with Gasteiger partial charge in [0.25, 0.3) is 0 Å². The number of hydrogen-bond donors (Lipinski definition) is 2. The summed E-state index contributed by atoms with van der Waals surface area (Å²) < 4.78 is 5.80. The van der Waals surface area contributed by atoms with Crippen molar-refractivity contribution in [1.82, 2.24) is 15.0 Å². The Labute approximate surface area is 192 Å². The summed E-state index contributed by atoms with van der Waals surface area (Å²) in [4.78, 5) is 28.7. The van der Waals surface area contributed by atoms with Crippen LogP contribution >= 0.6 is 0 Å². The van der Waals surface area contributed by atoms with Crippen LogP contribution in [0.5, 0.6) is 0 Å². The van der Waals surface area contributed by atoms with Crippen LogP contribution in [0, 0.1) is 0 Å². The number of amides is 2. The van der Waals surface area contributed by atoms with E-state index in [0.29, 0.717) is 23.5 Å². The maximum atomic E-state index is 12.3. The lowest BCUT2D eigenvalue weighted by molar-refractivity contribution is 0.0901. The third kappa shape index (κ3) is 3.91. The molecule has 0 radical (unpaired) electrons. The zero-order valence-electron chi connectivity index (χ0n) is 18.3. The van der Waals surface area contributed by atoms with Gasteiger partial charge in [0.2, 0.25) is 0 Å². The van der Waals surface area contributed by atoms with Crippen LogP contribution in [-0.4, -0.2) is 46.3 Å². The molecule has 2 N–H and O–H groups in total. The first-order chi connectivity index (χ1) is 16.2. The number of fused-ring (bicyclic) bond motifs is 3. The monoisotopic (exact) mass is 442 g/mol. The van der Waals surface area contributed by atoms with E-state index in [4.69, 9.17) is 14.7 Å². The van der Waals surface area contributed by atoms with Crippen molar-refractivity contribution < 1.29 is 9.53 Å². The van der Waals surface area contributed by atoms with Crippen LogP contribution in [0.3, 0.4) is 0 Å². The zero-order valence-corrected chi connectivity index (χ0v) is 18.3. The number of morpholine rings is 1. The minimum absolute atomic E-state index is 0.298. The molecule has 8 heteroatoms. The van der Waals surface area contributed by atoms with E-state index < -0.39 is 0 Å². The molecule has 6 rings (SSSR count). The molecule has 2 saturated heterocycles. The summed E-state index contributed by atoms with van der Waals surface area (Å²) in [7, 11) is 0. The van der Waals surface area contributed by atoms with Crippen LogP contribution in [0.2, 0.25) is 0 Å². The molecule has 2 aliphatic heterocycles. The van der Waals surface area contributed by atoms with E-state index in [2.05, 4.69) is 20.5 Å². The van der Waals surface area contributed by atoms with Gasteiger partial charge < -0.3 is 20.3 Å². The summed E-state index contributed by atoms with van der Waals surface area (Å²) in [5, 5.41) is 5.65. The van der Waals surface area contributed by atoms with Gasteiger partial charge in [-0.15, -0.1) is 0 Å². The molecule has 3 aliphatic rings. The summed E-state index contributed by atoms with van der Waals surface area (Å²) in [6.45, 7) is 1.57. The number of benzene rings is 1. The molecule has 0 spiro atoms. The Morgan fingerprint density at radius 3 is 2.33 bits per heavy atom. The standard InChI is InChI=1S/C25H26N6O2/c32-25(28-18-10-12-26-13-11-18)27-17-6-4-16(5-7-17)23-29-22-3-1-2-21(22)24(30-23)31-19-8-9-20(31)15-33-14-19/h4-7,10-13,19-20H,1-3,8-9,14-15H2,(H2,26,27,28,32). The van der Waals surface area contributed by atoms with Crippen LogP contribution in [0.4, 0.5) is 22.0 Å². The van der Waals surface area contributed by atoms with Crippen LogP contribution in [0.25, 0.3) is 11.4 Å². The topological polar surface area (TPSA) is 92.3 Å². The number of aromatic nitrogens is 3. The first-order valence-corrected chi connectivity index (χ1v) is 11.6. The molecule has 0 saturated carbocycles. The quantitative estimate of drug-likeness (QED) is 0.634. The van der Waals surface area contributed by atoms with Gasteiger partial charge in [0.05, 0.1) is 25.3 Å². The molecule has 2 unspecified atom stereocenters. The summed E-state index contributed by atoms with van der Waals surface area (Å²) in [6, 6.07) is 11.7. The largest absolute Gasteiger partial charge is 0.377 e. The maximum absolute atomic E-state index is 12.3. The summed E-state index contributed by atoms with van der Waals surface area (Å²) in [5.41, 5.74) is 4.85. The van der Waals surface area contributed by atoms with E-state index in [0.717, 1.165) is 49.7 Å². The molecule has 1 aromatic carbocycles. The Morgan fingerprint density at radius 2 is 1.61 bits per heavy atom. The Bertz CT molecular complexity index is 1150. The number of anilines is 3. The van der Waals surface area contributed by atoms with E-state index in [-0.39, 0.29) is 6.03 Å². The van der Waals surface area contributed by atoms with Crippen LogP contribution in [0.1, 0.15) is 30.5 Å². The summed E-state index contributed by atoms with van der Waals surface area (Å²) in [5.74, 6) is 1.87. The van der Waals surface area contributed by atoms with Gasteiger partial charge in [0.1, 0.15) is 5.82 Å². The number of nitrogens with one attached hydrogen (secondary N) is 2. The molecule has 3 aromatic rings. The fourth-order valence-corrected chi connectivity index (χ4v) is 5.16. The molecular weight excluding hydrogens is 416 g/mol. The lowest BCUT2D eigenvalue weighted by Crippen LogP contribution is -2.46. The lowest BCUT2D eigenvalue weighted by Gasteiger charge is -2.36. The van der Waals surface area contributed by atoms with Crippen molar-refractivity contribution in [2.24, 2.45) is 0 Å². The molecule has 2 atom stereocenters. The number of aryl methyl sites for hydroxylation is 1. The van der Waals surface area contributed by atoms with Crippen LogP contribution < -0.4 is 15.5 Å². The second kappa shape index (κ2) is 8.44. The third-order valence-electron chi connectivity index (χ3n) is 6.74. The van der Waals surface area contributed by atoms with Crippen LogP contribution in [-0.2, 0) is 17.6 Å². The average molecular weight is 443 g/mol. The Morgan fingerprint density at radius 1 is 0.909 bits per heavy atom. The number of ether oxygens (including phenoxy) is 1. The number of rotatable bonds is 4. The fourth-order valence-electron chi connectivity index (χ4n) is 5.16. The van der Waals surface area contributed by atoms with Crippen molar-refractivity contribution in [1.29, 1.82) is 0 Å². The van der Waals surface area contributed by atoms with Crippen molar-refractivity contribution in [2.45, 2.75) is 44.2 Å². The van der Waals surface area contributed by atoms with Crippen molar-refractivity contribution in [2.75, 3.05) is 28.7 Å². The Balaban J connectivity index is 1.24. The van der Waals surface area contributed by atoms with Gasteiger partial charge in [0, 0.05) is 40.6 Å². The third-order valence-corrected chi connectivity index (χ3v) is 6.74. The van der Waals surface area contributed by atoms with Gasteiger partial charge in [-0.25, -0.2) is 14.8 Å². The van der Waals surface area contributed by atoms with Gasteiger partial charge in [-0.1, -0.05) is 0 Å². The molecule has 2 aromatic heterocycles. The molecule has 4 heterocycles. The van der Waals surface area contributed by atoms with Gasteiger partial charge in [0.15, 0.2) is 5.82 Å². The smallest absolute Gasteiger partial charge is 0.323 e. The van der Waals surface area contributed by atoms with E-state index in [1.54, 1.807) is 24.5 Å². The van der Waals surface area contributed by atoms with Crippen molar-refractivity contribution >= 4 is 23.2 Å². The predicted molar refractivity (Wildman–Crippen MR) is 126 cm³/mol. The molecule has 2 bridgehead atoms. The van der Waals surface area contributed by atoms with Crippen LogP contribution in [0.15, 0.2) is 48.8 Å². The van der Waals surface area contributed by atoms with Gasteiger partial charge in [-0.3, -0.25) is 4.98 Å². The highest BCUT2D eigenvalue weighted by atomic mass is 16.5. The average Bonchev–Trinajstić information content (AvgIpc) is 3.41. The minimum atomic E-state index is -0.298. The Hall–Kier alpha value is -3.52. The second-order valence-electron chi connectivity index (χ2n) is 8.87. The summed E-state index contributed by atoms with van der Waals surface area (Å²) in [6.07, 6.45) is 8.80. The molecule has 33 heavy (non-hydrogen) atoms. The molecule has 2 fully saturated rings. The highest BCUT2D eigenvalue weighted by Crippen LogP contribution is 2.39. The molecule has 2 amide bonds. The number of carbonyl (C=O) groups is 1. The van der Waals surface area contributed by atoms with Gasteiger partial charge in [-0.05, 0) is 68.5 Å². The van der Waals surface area contributed by atoms with E-state index >= 15 is 0 Å². The normalized spacial score (nSPS) is 21.0. The minimum Gasteiger partial charge on any atom is -0.377 e. The SMILES string of the molecule is O=C(Nc1ccncc1)Nc1ccc(-c2nc3c(c(N4C5CCC4COC5)n2)CCC3)cc1. The molecule has 168 valence electrons. The highest BCUT2D eigenvalue weighted by molar-refractivity contribution is 5.99. The highest BCUT2D eigenvalue weighted by Gasteiger charge is 2.40. The zero-order chi connectivity index (χ0) is 22.2. The lowest BCUT2D eigenvalue weighted by atomic mass is 10.1. The first-order valence-electron chi connectivity index (χ1n) is 11.6. The number of nitrogens with zero attached hydrogens (tertiary/aromatic N) is 4. The second-order valence-corrected chi connectivity index (χ2v) is 8.87. The van der Waals surface area contributed by atoms with Gasteiger partial charge in [-0.2, -0.15) is 0 Å². The first kappa shape index (κ1) is 20.1. The summed E-state index contributed by atoms with van der Waals surface area (Å²) >= 11 is 0. The Kier molecular flexibility index (Phi) is 5.14. The van der Waals surface area contributed by atoms with Crippen molar-refractivity contribution in [3.05, 3.63) is 60.0 Å². The fraction of sp³-hybridized carbons (Fsp3) is 0.360. The maximum Gasteiger partial charge on any atom is 0.323 e. The molecule has 8 nitrogen and oxygen atoms in total. The predicted octanol–water partition coefficient (Wildman–Crippen LogP) is 4.04. The number of hydrogen-bond acceptors (Lipinski definition) is 6. The number of urea groups is 1. The number of pyridine rings is 1. The molecular formula is C25H26N6O2. The molecule has 1 aliphatic carbocycles. The van der Waals surface area contributed by atoms with Gasteiger partial charge >= 0.3 is 6.03 Å².